The minimum absolute atomic E-state index is 0.0781. The molecule has 3 rings (SSSR count). The number of rotatable bonds is 2. The summed E-state index contributed by atoms with van der Waals surface area (Å²) < 4.78 is 7.57. The molecule has 1 atom stereocenters. The van der Waals surface area contributed by atoms with Crippen LogP contribution < -0.4 is 16.7 Å². The van der Waals surface area contributed by atoms with Crippen molar-refractivity contribution < 1.29 is 4.42 Å². The molecule has 0 saturated carbocycles. The summed E-state index contributed by atoms with van der Waals surface area (Å²) in [5, 5.41) is 0.536. The lowest BCUT2D eigenvalue weighted by Gasteiger charge is -2.13. The van der Waals surface area contributed by atoms with Gasteiger partial charge in [0.05, 0.1) is 5.39 Å². The Morgan fingerprint density at radius 3 is 2.50 bits per heavy atom. The Bertz CT molecular complexity index is 1060. The summed E-state index contributed by atoms with van der Waals surface area (Å²) in [6.45, 7) is 5.53. The predicted molar refractivity (Wildman–Crippen MR) is 95.2 cm³/mol. The third kappa shape index (κ3) is 2.57. The van der Waals surface area contributed by atoms with Crippen LogP contribution in [0.2, 0.25) is 0 Å². The van der Waals surface area contributed by atoms with E-state index in [-0.39, 0.29) is 17.0 Å². The van der Waals surface area contributed by atoms with Crippen LogP contribution in [-0.4, -0.2) is 4.57 Å². The maximum Gasteiger partial charge on any atom is 0.250 e. The second-order valence-electron chi connectivity index (χ2n) is 6.27. The van der Waals surface area contributed by atoms with E-state index in [1.165, 1.54) is 10.6 Å². The van der Waals surface area contributed by atoms with Gasteiger partial charge in [0.25, 0.3) is 0 Å². The molecule has 5 nitrogen and oxygen atoms in total. The molecule has 5 heteroatoms. The van der Waals surface area contributed by atoms with Gasteiger partial charge >= 0.3 is 0 Å². The van der Waals surface area contributed by atoms with Gasteiger partial charge in [0.2, 0.25) is 5.56 Å². The van der Waals surface area contributed by atoms with E-state index in [4.69, 9.17) is 10.2 Å². The minimum atomic E-state index is -0.258. The second kappa shape index (κ2) is 5.76. The highest BCUT2D eigenvalue weighted by atomic mass is 16.3. The standard InChI is InChI=1S/C19H20N2O3/c1-10-7-14(12(3)20)19-15(8-10)17(23)11(2)18(24-19)13-5-6-16(22)21(4)9-13/h5-9,12H,20H2,1-4H3/t12-/m1/s1. The first kappa shape index (κ1) is 16.2. The molecule has 2 N–H and O–H groups in total. The fraction of sp³-hybridized carbons (Fsp3) is 0.263. The Morgan fingerprint density at radius 1 is 1.17 bits per heavy atom. The number of benzene rings is 1. The normalized spacial score (nSPS) is 12.5. The molecule has 24 heavy (non-hydrogen) atoms. The van der Waals surface area contributed by atoms with Crippen molar-refractivity contribution in [2.24, 2.45) is 12.8 Å². The second-order valence-corrected chi connectivity index (χ2v) is 6.27. The highest BCUT2D eigenvalue weighted by Crippen LogP contribution is 2.29. The number of hydrogen-bond acceptors (Lipinski definition) is 4. The monoisotopic (exact) mass is 324 g/mol. The van der Waals surface area contributed by atoms with Gasteiger partial charge in [-0.25, -0.2) is 0 Å². The summed E-state index contributed by atoms with van der Waals surface area (Å²) in [4.78, 5) is 24.4. The summed E-state index contributed by atoms with van der Waals surface area (Å²) in [7, 11) is 1.66. The first-order valence-corrected chi connectivity index (χ1v) is 7.80. The molecule has 3 aromatic rings. The van der Waals surface area contributed by atoms with Gasteiger partial charge in [0.1, 0.15) is 11.3 Å². The molecule has 0 fully saturated rings. The largest absolute Gasteiger partial charge is 0.455 e. The van der Waals surface area contributed by atoms with Crippen LogP contribution in [-0.2, 0) is 7.05 Å². The number of aryl methyl sites for hydroxylation is 2. The fourth-order valence-corrected chi connectivity index (χ4v) is 2.91. The van der Waals surface area contributed by atoms with E-state index < -0.39 is 0 Å². The molecule has 0 aliphatic carbocycles. The van der Waals surface area contributed by atoms with Crippen LogP contribution in [0.25, 0.3) is 22.3 Å². The third-order valence-electron chi connectivity index (χ3n) is 4.23. The zero-order valence-corrected chi connectivity index (χ0v) is 14.2. The van der Waals surface area contributed by atoms with E-state index in [1.54, 1.807) is 26.2 Å². The molecule has 0 saturated heterocycles. The van der Waals surface area contributed by atoms with Gasteiger partial charge in [0, 0.05) is 42.0 Å². The van der Waals surface area contributed by atoms with Crippen LogP contribution in [0.4, 0.5) is 0 Å². The Labute approximate surface area is 139 Å². The Hall–Kier alpha value is -2.66. The molecule has 0 amide bonds. The Morgan fingerprint density at radius 2 is 1.88 bits per heavy atom. The van der Waals surface area contributed by atoms with Gasteiger partial charge in [-0.15, -0.1) is 0 Å². The molecule has 0 aliphatic heterocycles. The minimum Gasteiger partial charge on any atom is -0.455 e. The number of nitrogens with two attached hydrogens (primary N) is 1. The fourth-order valence-electron chi connectivity index (χ4n) is 2.91. The first-order chi connectivity index (χ1) is 11.3. The van der Waals surface area contributed by atoms with Crippen molar-refractivity contribution in [2.45, 2.75) is 26.8 Å². The van der Waals surface area contributed by atoms with Crippen molar-refractivity contribution in [3.63, 3.8) is 0 Å². The summed E-state index contributed by atoms with van der Waals surface area (Å²) in [6, 6.07) is 6.63. The van der Waals surface area contributed by atoms with Crippen LogP contribution >= 0.6 is 0 Å². The van der Waals surface area contributed by atoms with Gasteiger partial charge in [-0.3, -0.25) is 9.59 Å². The lowest BCUT2D eigenvalue weighted by atomic mass is 10.00. The number of fused-ring (bicyclic) bond motifs is 1. The topological polar surface area (TPSA) is 78.2 Å². The average Bonchev–Trinajstić information content (AvgIpc) is 2.53. The van der Waals surface area contributed by atoms with Gasteiger partial charge in [0.15, 0.2) is 5.43 Å². The molecule has 0 spiro atoms. The van der Waals surface area contributed by atoms with E-state index >= 15 is 0 Å². The van der Waals surface area contributed by atoms with E-state index in [9.17, 15) is 9.59 Å². The SMILES string of the molecule is Cc1cc([C@@H](C)N)c2oc(-c3ccc(=O)n(C)c3)c(C)c(=O)c2c1. The quantitative estimate of drug-likeness (QED) is 0.786. The van der Waals surface area contributed by atoms with Gasteiger partial charge in [-0.05, 0) is 38.5 Å². The molecule has 124 valence electrons. The highest BCUT2D eigenvalue weighted by Gasteiger charge is 2.17. The summed E-state index contributed by atoms with van der Waals surface area (Å²) in [6.07, 6.45) is 1.67. The van der Waals surface area contributed by atoms with Gasteiger partial charge < -0.3 is 14.7 Å². The molecule has 0 radical (unpaired) electrons. The molecular formula is C19H20N2O3. The molecule has 2 aromatic heterocycles. The van der Waals surface area contributed by atoms with E-state index in [1.807, 2.05) is 26.0 Å². The molecule has 0 bridgehead atoms. The van der Waals surface area contributed by atoms with E-state index in [0.29, 0.717) is 27.9 Å². The predicted octanol–water partition coefficient (Wildman–Crippen LogP) is 2.80. The van der Waals surface area contributed by atoms with Gasteiger partial charge in [-0.2, -0.15) is 0 Å². The third-order valence-corrected chi connectivity index (χ3v) is 4.23. The maximum absolute atomic E-state index is 12.8. The Kier molecular flexibility index (Phi) is 3.89. The smallest absolute Gasteiger partial charge is 0.250 e. The molecule has 2 heterocycles. The van der Waals surface area contributed by atoms with Crippen LogP contribution in [0.5, 0.6) is 0 Å². The highest BCUT2D eigenvalue weighted by molar-refractivity contribution is 5.84. The number of nitrogens with zero attached hydrogens (tertiary/aromatic N) is 1. The number of aromatic nitrogens is 1. The van der Waals surface area contributed by atoms with Crippen molar-refractivity contribution in [3.05, 3.63) is 67.7 Å². The van der Waals surface area contributed by atoms with Crippen molar-refractivity contribution in [2.75, 3.05) is 0 Å². The van der Waals surface area contributed by atoms with Crippen LogP contribution in [0.15, 0.2) is 44.5 Å². The lowest BCUT2D eigenvalue weighted by Crippen LogP contribution is -2.15. The molecule has 0 unspecified atom stereocenters. The van der Waals surface area contributed by atoms with Crippen LogP contribution in [0, 0.1) is 13.8 Å². The first-order valence-electron chi connectivity index (χ1n) is 7.80. The van der Waals surface area contributed by atoms with Crippen LogP contribution in [0.3, 0.4) is 0 Å². The van der Waals surface area contributed by atoms with Crippen LogP contribution in [0.1, 0.15) is 29.7 Å². The molecule has 0 aliphatic rings. The molecule has 1 aromatic carbocycles. The maximum atomic E-state index is 12.8. The zero-order chi connectivity index (χ0) is 17.6. The van der Waals surface area contributed by atoms with Gasteiger partial charge in [-0.1, -0.05) is 6.07 Å². The van der Waals surface area contributed by atoms with E-state index in [0.717, 1.165) is 11.1 Å². The number of hydrogen-bond donors (Lipinski definition) is 1. The zero-order valence-electron chi connectivity index (χ0n) is 14.2. The number of pyridine rings is 1. The molecular weight excluding hydrogens is 304 g/mol. The Balaban J connectivity index is 2.42. The van der Waals surface area contributed by atoms with Crippen molar-refractivity contribution in [1.29, 1.82) is 0 Å². The van der Waals surface area contributed by atoms with Crippen molar-refractivity contribution in [3.8, 4) is 11.3 Å². The van der Waals surface area contributed by atoms with Crippen molar-refractivity contribution >= 4 is 11.0 Å². The summed E-state index contributed by atoms with van der Waals surface area (Å²) >= 11 is 0. The van der Waals surface area contributed by atoms with Crippen molar-refractivity contribution in [1.82, 2.24) is 4.57 Å². The van der Waals surface area contributed by atoms with E-state index in [2.05, 4.69) is 0 Å². The summed E-state index contributed by atoms with van der Waals surface area (Å²) in [5.74, 6) is 0.467. The lowest BCUT2D eigenvalue weighted by molar-refractivity contribution is 0.602. The average molecular weight is 324 g/mol. The summed E-state index contributed by atoms with van der Waals surface area (Å²) in [5.41, 5.74) is 9.34.